The van der Waals surface area contributed by atoms with Crippen LogP contribution in [0.4, 0.5) is 0 Å². The molecule has 1 saturated heterocycles. The number of rotatable bonds is 4. The molecule has 0 saturated carbocycles. The minimum atomic E-state index is 0.574. The number of allylic oxidation sites excluding steroid dienone is 1. The van der Waals surface area contributed by atoms with Gasteiger partial charge in [0.2, 0.25) is 0 Å². The molecule has 1 atom stereocenters. The minimum absolute atomic E-state index is 0.574. The molecule has 13 heavy (non-hydrogen) atoms. The van der Waals surface area contributed by atoms with Gasteiger partial charge in [-0.3, -0.25) is 0 Å². The van der Waals surface area contributed by atoms with Crippen molar-refractivity contribution in [3.8, 4) is 0 Å². The molecule has 1 rings (SSSR count). The van der Waals surface area contributed by atoms with Crippen LogP contribution < -0.4 is 0 Å². The maximum absolute atomic E-state index is 3.88. The Hall–Kier alpha value is 0.409. The Balaban J connectivity index is 2.41. The molecule has 74 valence electrons. The van der Waals surface area contributed by atoms with Crippen molar-refractivity contribution in [2.75, 3.05) is 13.1 Å². The molecule has 0 radical (unpaired) electrons. The fourth-order valence-corrected chi connectivity index (χ4v) is 2.71. The second-order valence-corrected chi connectivity index (χ2v) is 5.65. The molecule has 0 bridgehead atoms. The average Bonchev–Trinajstić information content (AvgIpc) is 2.53. The number of nitrogens with zero attached hydrogens (tertiary/aromatic N) is 1. The van der Waals surface area contributed by atoms with Crippen LogP contribution in [0.5, 0.6) is 0 Å². The molecule has 1 heterocycles. The first-order valence-corrected chi connectivity index (χ1v) is 6.38. The predicted octanol–water partition coefficient (Wildman–Crippen LogP) is 2.32. The molecule has 1 unspecified atom stereocenters. The predicted molar refractivity (Wildman–Crippen MR) is 63.4 cm³/mol. The Morgan fingerprint density at radius 3 is 2.54 bits per heavy atom. The summed E-state index contributed by atoms with van der Waals surface area (Å²) >= 11 is 6.62. The van der Waals surface area contributed by atoms with Gasteiger partial charge < -0.3 is 0 Å². The first-order valence-electron chi connectivity index (χ1n) is 4.73. The summed E-state index contributed by atoms with van der Waals surface area (Å²) in [6.45, 7) is 8.57. The van der Waals surface area contributed by atoms with Gasteiger partial charge in [0.1, 0.15) is 0 Å². The maximum atomic E-state index is 3.88. The molecule has 1 fully saturated rings. The van der Waals surface area contributed by atoms with Crippen LogP contribution in [0.1, 0.15) is 26.2 Å². The topological polar surface area (TPSA) is 3.24 Å². The summed E-state index contributed by atoms with van der Waals surface area (Å²) in [5.74, 6) is 0.574. The SMILES string of the molecule is C=C(Br)CC(C)C(=[Se])N1CCCC1. The van der Waals surface area contributed by atoms with Crippen molar-refractivity contribution in [3.05, 3.63) is 11.1 Å². The van der Waals surface area contributed by atoms with Gasteiger partial charge in [0, 0.05) is 0 Å². The number of hydrogen-bond acceptors (Lipinski definition) is 1. The molecule has 0 spiro atoms. The Bertz CT molecular complexity index is 209. The fraction of sp³-hybridized carbons (Fsp3) is 0.700. The van der Waals surface area contributed by atoms with Crippen LogP contribution >= 0.6 is 15.9 Å². The molecule has 0 amide bonds. The second kappa shape index (κ2) is 5.33. The third-order valence-electron chi connectivity index (χ3n) is 2.37. The Morgan fingerprint density at radius 2 is 2.08 bits per heavy atom. The van der Waals surface area contributed by atoms with Crippen molar-refractivity contribution in [2.24, 2.45) is 5.92 Å². The van der Waals surface area contributed by atoms with Crippen molar-refractivity contribution >= 4 is 36.0 Å². The summed E-state index contributed by atoms with van der Waals surface area (Å²) in [7, 11) is 0. The van der Waals surface area contributed by atoms with Crippen molar-refractivity contribution in [3.63, 3.8) is 0 Å². The zero-order valence-electron chi connectivity index (χ0n) is 8.05. The normalized spacial score (nSPS) is 18.8. The van der Waals surface area contributed by atoms with Crippen molar-refractivity contribution in [2.45, 2.75) is 26.2 Å². The van der Waals surface area contributed by atoms with E-state index in [1.54, 1.807) is 0 Å². The van der Waals surface area contributed by atoms with E-state index in [9.17, 15) is 0 Å². The van der Waals surface area contributed by atoms with Gasteiger partial charge in [-0.2, -0.15) is 0 Å². The molecule has 0 aliphatic carbocycles. The number of halogens is 1. The fourth-order valence-electron chi connectivity index (χ4n) is 1.67. The monoisotopic (exact) mass is 309 g/mol. The van der Waals surface area contributed by atoms with Crippen molar-refractivity contribution < 1.29 is 0 Å². The zero-order chi connectivity index (χ0) is 9.84. The second-order valence-electron chi connectivity index (χ2n) is 3.65. The third-order valence-corrected chi connectivity index (χ3v) is 4.08. The van der Waals surface area contributed by atoms with Gasteiger partial charge in [-0.05, 0) is 0 Å². The van der Waals surface area contributed by atoms with E-state index in [1.807, 2.05) is 0 Å². The molecule has 0 aromatic rings. The van der Waals surface area contributed by atoms with Gasteiger partial charge in [-0.1, -0.05) is 0 Å². The van der Waals surface area contributed by atoms with E-state index in [-0.39, 0.29) is 0 Å². The molecule has 1 aliphatic heterocycles. The Kier molecular flexibility index (Phi) is 4.71. The first-order chi connectivity index (χ1) is 6.11. The van der Waals surface area contributed by atoms with Gasteiger partial charge in [-0.25, -0.2) is 0 Å². The van der Waals surface area contributed by atoms with Gasteiger partial charge in [0.25, 0.3) is 0 Å². The van der Waals surface area contributed by atoms with E-state index in [0.717, 1.165) is 10.9 Å². The van der Waals surface area contributed by atoms with Gasteiger partial charge >= 0.3 is 97.2 Å². The summed E-state index contributed by atoms with van der Waals surface area (Å²) in [6.07, 6.45) is 3.71. The summed E-state index contributed by atoms with van der Waals surface area (Å²) in [5, 5.41) is 0. The van der Waals surface area contributed by atoms with Gasteiger partial charge in [0.05, 0.1) is 0 Å². The van der Waals surface area contributed by atoms with Crippen molar-refractivity contribution in [1.82, 2.24) is 4.90 Å². The zero-order valence-corrected chi connectivity index (χ0v) is 11.4. The molecule has 3 heteroatoms. The number of likely N-dealkylation sites (tertiary alicyclic amines) is 1. The first kappa shape index (κ1) is 11.5. The van der Waals surface area contributed by atoms with Crippen molar-refractivity contribution in [1.29, 1.82) is 0 Å². The molecule has 0 aromatic carbocycles. The van der Waals surface area contributed by atoms with Crippen LogP contribution in [0.3, 0.4) is 0 Å². The molecule has 1 nitrogen and oxygen atoms in total. The van der Waals surface area contributed by atoms with Gasteiger partial charge in [-0.15, -0.1) is 0 Å². The molecule has 0 aromatic heterocycles. The van der Waals surface area contributed by atoms with E-state index in [4.69, 9.17) is 0 Å². The van der Waals surface area contributed by atoms with Crippen LogP contribution in [0.2, 0.25) is 0 Å². The van der Waals surface area contributed by atoms with E-state index in [1.165, 1.54) is 30.5 Å². The van der Waals surface area contributed by atoms with E-state index in [0.29, 0.717) is 5.92 Å². The summed E-state index contributed by atoms with van der Waals surface area (Å²) < 4.78 is 2.49. The molecule has 0 N–H and O–H groups in total. The quantitative estimate of drug-likeness (QED) is 0.721. The summed E-state index contributed by atoms with van der Waals surface area (Å²) in [5.41, 5.74) is 0. The summed E-state index contributed by atoms with van der Waals surface area (Å²) in [6, 6.07) is 0. The molecular formula is C10H16BrNSe. The van der Waals surface area contributed by atoms with Gasteiger partial charge in [0.15, 0.2) is 0 Å². The Labute approximate surface area is 97.1 Å². The standard InChI is InChI=1S/C10H16BrNSe/c1-8(7-9(2)11)10(13)12-5-3-4-6-12/h8H,2-7H2,1H3. The summed E-state index contributed by atoms with van der Waals surface area (Å²) in [4.78, 5) is 2.46. The van der Waals surface area contributed by atoms with Crippen LogP contribution in [-0.2, 0) is 0 Å². The number of hydrogen-bond donors (Lipinski definition) is 0. The van der Waals surface area contributed by atoms with Crippen LogP contribution in [0, 0.1) is 5.92 Å². The average molecular weight is 309 g/mol. The Morgan fingerprint density at radius 1 is 1.54 bits per heavy atom. The van der Waals surface area contributed by atoms with E-state index < -0.39 is 0 Å². The van der Waals surface area contributed by atoms with Crippen LogP contribution in [-0.4, -0.2) is 38.1 Å². The molecular weight excluding hydrogens is 293 g/mol. The van der Waals surface area contributed by atoms with Crippen LogP contribution in [0.25, 0.3) is 0 Å². The van der Waals surface area contributed by atoms with E-state index >= 15 is 0 Å². The van der Waals surface area contributed by atoms with Crippen LogP contribution in [0.15, 0.2) is 11.1 Å². The molecule has 1 aliphatic rings. The third kappa shape index (κ3) is 3.57. The van der Waals surface area contributed by atoms with E-state index in [2.05, 4.69) is 49.9 Å².